The molecule has 0 aliphatic rings. The van der Waals surface area contributed by atoms with Crippen LogP contribution in [0.4, 0.5) is 23.2 Å². The van der Waals surface area contributed by atoms with Crippen molar-refractivity contribution in [2.24, 2.45) is 0 Å². The van der Waals surface area contributed by atoms with Crippen LogP contribution in [-0.4, -0.2) is 29.2 Å². The molecule has 1 heterocycles. The molecule has 0 aliphatic carbocycles. The molecule has 0 atom stereocenters. The van der Waals surface area contributed by atoms with Gasteiger partial charge in [0.1, 0.15) is 11.6 Å². The van der Waals surface area contributed by atoms with Crippen LogP contribution in [0, 0.1) is 5.82 Å². The van der Waals surface area contributed by atoms with Crippen LogP contribution in [0.2, 0.25) is 0 Å². The third-order valence-electron chi connectivity index (χ3n) is 3.75. The lowest BCUT2D eigenvalue weighted by atomic mass is 10.2. The Morgan fingerprint density at radius 1 is 1.07 bits per heavy atom. The molecule has 1 amide bonds. The molecule has 0 unspecified atom stereocenters. The van der Waals surface area contributed by atoms with Gasteiger partial charge in [-0.2, -0.15) is 9.78 Å². The maximum absolute atomic E-state index is 13.1. The Morgan fingerprint density at radius 3 is 2.27 bits per heavy atom. The second kappa shape index (κ2) is 8.23. The monoisotopic (exact) mass is 423 g/mol. The van der Waals surface area contributed by atoms with Crippen molar-refractivity contribution >= 4 is 11.6 Å². The number of carbonyl (C=O) groups excluding carboxylic acids is 1. The molecular weight excluding hydrogens is 410 g/mol. The number of alkyl halides is 3. The second-order valence-electron chi connectivity index (χ2n) is 5.81. The van der Waals surface area contributed by atoms with Crippen LogP contribution in [0.5, 0.6) is 11.5 Å². The number of ether oxygens (including phenoxy) is 2. The molecule has 30 heavy (non-hydrogen) atoms. The summed E-state index contributed by atoms with van der Waals surface area (Å²) in [7, 11) is 1.23. The number of methoxy groups -OCH3 is 1. The number of carbonyl (C=O) groups is 1. The maximum Gasteiger partial charge on any atom is 0.573 e. The van der Waals surface area contributed by atoms with Crippen LogP contribution in [0.1, 0.15) is 10.5 Å². The van der Waals surface area contributed by atoms with Gasteiger partial charge >= 0.3 is 6.36 Å². The van der Waals surface area contributed by atoms with Crippen molar-refractivity contribution in [2.75, 3.05) is 12.4 Å². The topological polar surface area (TPSA) is 82.5 Å². The minimum absolute atomic E-state index is 0.118. The van der Waals surface area contributed by atoms with Gasteiger partial charge in [0.15, 0.2) is 11.4 Å². The number of rotatable bonds is 5. The summed E-state index contributed by atoms with van der Waals surface area (Å²) >= 11 is 0. The average molecular weight is 423 g/mol. The van der Waals surface area contributed by atoms with Crippen LogP contribution in [0.15, 0.2) is 59.4 Å². The minimum Gasteiger partial charge on any atom is -0.494 e. The van der Waals surface area contributed by atoms with E-state index in [1.165, 1.54) is 31.4 Å². The number of halogens is 4. The quantitative estimate of drug-likeness (QED) is 0.635. The summed E-state index contributed by atoms with van der Waals surface area (Å²) in [5.41, 5.74) is -0.523. The van der Waals surface area contributed by atoms with Crippen LogP contribution < -0.4 is 20.3 Å². The fourth-order valence-corrected chi connectivity index (χ4v) is 2.45. The van der Waals surface area contributed by atoms with E-state index in [-0.39, 0.29) is 22.8 Å². The molecule has 7 nitrogen and oxygen atoms in total. The van der Waals surface area contributed by atoms with Crippen molar-refractivity contribution in [1.29, 1.82) is 0 Å². The molecule has 3 rings (SSSR count). The molecule has 0 saturated heterocycles. The molecule has 1 aromatic heterocycles. The van der Waals surface area contributed by atoms with Gasteiger partial charge in [0.25, 0.3) is 11.5 Å². The lowest BCUT2D eigenvalue weighted by Crippen LogP contribution is -2.26. The van der Waals surface area contributed by atoms with Gasteiger partial charge in [0, 0.05) is 5.69 Å². The number of hydrogen-bond acceptors (Lipinski definition) is 5. The molecule has 0 aliphatic heterocycles. The summed E-state index contributed by atoms with van der Waals surface area (Å²) in [6.45, 7) is 0. The fraction of sp³-hybridized carbons (Fsp3) is 0.105. The van der Waals surface area contributed by atoms with Crippen molar-refractivity contribution in [3.05, 3.63) is 76.5 Å². The van der Waals surface area contributed by atoms with E-state index < -0.39 is 29.4 Å². The predicted molar refractivity (Wildman–Crippen MR) is 97.4 cm³/mol. The Kier molecular flexibility index (Phi) is 5.72. The molecule has 3 aromatic rings. The van der Waals surface area contributed by atoms with Gasteiger partial charge in [-0.05, 0) is 48.5 Å². The average Bonchev–Trinajstić information content (AvgIpc) is 2.69. The van der Waals surface area contributed by atoms with Gasteiger partial charge in [-0.1, -0.05) is 0 Å². The number of aromatic nitrogens is 2. The van der Waals surface area contributed by atoms with Crippen molar-refractivity contribution in [2.45, 2.75) is 6.36 Å². The molecule has 11 heteroatoms. The summed E-state index contributed by atoms with van der Waals surface area (Å²) < 4.78 is 59.5. The molecular formula is C19H13F4N3O4. The first-order valence-electron chi connectivity index (χ1n) is 8.28. The van der Waals surface area contributed by atoms with Gasteiger partial charge in [-0.15, -0.1) is 13.2 Å². The largest absolute Gasteiger partial charge is 0.573 e. The standard InChI is InChI=1S/C19H13F4N3O4/c1-29-15-10-16(27)26(13-6-2-11(20)3-7-13)25-17(15)18(28)24-12-4-8-14(9-5-12)30-19(21,22)23/h2-10H,1H3,(H,24,28). The van der Waals surface area contributed by atoms with Crippen LogP contribution in [0.3, 0.4) is 0 Å². The number of amides is 1. The lowest BCUT2D eigenvalue weighted by Gasteiger charge is -2.12. The lowest BCUT2D eigenvalue weighted by molar-refractivity contribution is -0.274. The Bertz CT molecular complexity index is 1110. The zero-order valence-corrected chi connectivity index (χ0v) is 15.2. The number of benzene rings is 2. The van der Waals surface area contributed by atoms with E-state index in [4.69, 9.17) is 4.74 Å². The third-order valence-corrected chi connectivity index (χ3v) is 3.75. The van der Waals surface area contributed by atoms with Crippen LogP contribution in [-0.2, 0) is 0 Å². The fourth-order valence-electron chi connectivity index (χ4n) is 2.45. The molecule has 0 bridgehead atoms. The first kappa shape index (κ1) is 20.8. The summed E-state index contributed by atoms with van der Waals surface area (Å²) in [4.78, 5) is 24.9. The van der Waals surface area contributed by atoms with Crippen molar-refractivity contribution in [1.82, 2.24) is 9.78 Å². The number of nitrogens with zero attached hydrogens (tertiary/aromatic N) is 2. The highest BCUT2D eigenvalue weighted by Crippen LogP contribution is 2.24. The Hall–Kier alpha value is -3.89. The van der Waals surface area contributed by atoms with Crippen LogP contribution in [0.25, 0.3) is 5.69 Å². The van der Waals surface area contributed by atoms with Gasteiger partial charge in [-0.3, -0.25) is 9.59 Å². The molecule has 1 N–H and O–H groups in total. The van der Waals surface area contributed by atoms with Gasteiger partial charge in [0.05, 0.1) is 18.9 Å². The smallest absolute Gasteiger partial charge is 0.494 e. The highest BCUT2D eigenvalue weighted by atomic mass is 19.4. The zero-order chi connectivity index (χ0) is 21.9. The Labute approximate surface area is 166 Å². The minimum atomic E-state index is -4.84. The summed E-state index contributed by atoms with van der Waals surface area (Å²) in [5.74, 6) is -1.88. The van der Waals surface area contributed by atoms with E-state index in [0.717, 1.165) is 35.0 Å². The summed E-state index contributed by atoms with van der Waals surface area (Å²) in [6, 6.07) is 10.3. The summed E-state index contributed by atoms with van der Waals surface area (Å²) in [5, 5.41) is 6.41. The van der Waals surface area contributed by atoms with E-state index in [2.05, 4.69) is 15.2 Å². The zero-order valence-electron chi connectivity index (χ0n) is 15.2. The summed E-state index contributed by atoms with van der Waals surface area (Å²) in [6.07, 6.45) is -4.84. The first-order valence-corrected chi connectivity index (χ1v) is 8.28. The highest BCUT2D eigenvalue weighted by molar-refractivity contribution is 6.04. The highest BCUT2D eigenvalue weighted by Gasteiger charge is 2.31. The first-order chi connectivity index (χ1) is 14.2. The molecule has 0 saturated carbocycles. The van der Waals surface area contributed by atoms with Crippen molar-refractivity contribution in [3.8, 4) is 17.2 Å². The van der Waals surface area contributed by atoms with Gasteiger partial charge in [-0.25, -0.2) is 4.39 Å². The normalized spacial score (nSPS) is 11.1. The predicted octanol–water partition coefficient (Wildman–Crippen LogP) is 3.53. The van der Waals surface area contributed by atoms with Gasteiger partial charge < -0.3 is 14.8 Å². The number of nitrogens with one attached hydrogen (secondary N) is 1. The van der Waals surface area contributed by atoms with E-state index in [1.54, 1.807) is 0 Å². The SMILES string of the molecule is COc1cc(=O)n(-c2ccc(F)cc2)nc1C(=O)Nc1ccc(OC(F)(F)F)cc1. The molecule has 0 fully saturated rings. The molecule has 0 radical (unpaired) electrons. The Balaban J connectivity index is 1.88. The number of anilines is 1. The molecule has 156 valence electrons. The van der Waals surface area contributed by atoms with E-state index in [1.807, 2.05) is 0 Å². The van der Waals surface area contributed by atoms with E-state index in [9.17, 15) is 27.2 Å². The van der Waals surface area contributed by atoms with Crippen molar-refractivity contribution in [3.63, 3.8) is 0 Å². The van der Waals surface area contributed by atoms with E-state index >= 15 is 0 Å². The second-order valence-corrected chi connectivity index (χ2v) is 5.81. The molecule has 2 aromatic carbocycles. The Morgan fingerprint density at radius 2 is 1.70 bits per heavy atom. The maximum atomic E-state index is 13.1. The van der Waals surface area contributed by atoms with Crippen LogP contribution >= 0.6 is 0 Å². The van der Waals surface area contributed by atoms with Crippen molar-refractivity contribution < 1.29 is 31.8 Å². The van der Waals surface area contributed by atoms with E-state index in [0.29, 0.717) is 0 Å². The molecule has 0 spiro atoms. The number of hydrogen-bond donors (Lipinski definition) is 1. The van der Waals surface area contributed by atoms with Gasteiger partial charge in [0.2, 0.25) is 0 Å². The third kappa shape index (κ3) is 4.93.